The van der Waals surface area contributed by atoms with Crippen LogP contribution in [0.25, 0.3) is 11.2 Å². The maximum atomic E-state index is 13.5. The summed E-state index contributed by atoms with van der Waals surface area (Å²) in [6, 6.07) is 31.6. The van der Waals surface area contributed by atoms with Gasteiger partial charge < -0.3 is 0 Å². The third-order valence-electron chi connectivity index (χ3n) is 9.41. The van der Waals surface area contributed by atoms with Crippen molar-refractivity contribution in [1.29, 1.82) is 0 Å². The number of aromatic nitrogens is 4. The molecule has 3 heterocycles. The van der Waals surface area contributed by atoms with Gasteiger partial charge in [0.15, 0.2) is 0 Å². The topological polar surface area (TPSA) is 136 Å². The van der Waals surface area contributed by atoms with Gasteiger partial charge in [-0.1, -0.05) is 18.2 Å². The Morgan fingerprint density at radius 3 is 2.06 bits per heavy atom. The second-order valence-electron chi connectivity index (χ2n) is 12.6. The summed E-state index contributed by atoms with van der Waals surface area (Å²) in [5, 5.41) is 2.86. The van der Waals surface area contributed by atoms with E-state index in [1.54, 1.807) is 56.0 Å². The molecule has 1 fully saturated rings. The minimum absolute atomic E-state index is 0.0742. The molecule has 278 valence electrons. The molecule has 1 N–H and O–H groups in total. The second-order valence-corrected chi connectivity index (χ2v) is 21.2. The van der Waals surface area contributed by atoms with Crippen LogP contribution < -0.4 is 14.8 Å². The maximum absolute atomic E-state index is 13.5. The van der Waals surface area contributed by atoms with Crippen molar-refractivity contribution in [2.24, 2.45) is 0 Å². The molecular formula is C40H40N5O7PSe. The van der Waals surface area contributed by atoms with Gasteiger partial charge in [0.25, 0.3) is 0 Å². The third-order valence-corrected chi connectivity index (χ3v) is 15.4. The Bertz CT molecular complexity index is 2190. The summed E-state index contributed by atoms with van der Waals surface area (Å²) in [5.41, 5.74) is 2.89. The Balaban J connectivity index is 1.24. The van der Waals surface area contributed by atoms with Crippen LogP contribution >= 0.6 is 6.06 Å². The van der Waals surface area contributed by atoms with Crippen LogP contribution in [0.2, 0.25) is 5.82 Å². The molecular weight excluding hydrogens is 772 g/mol. The zero-order valence-electron chi connectivity index (χ0n) is 30.2. The first-order valence-electron chi connectivity index (χ1n) is 17.2. The van der Waals surface area contributed by atoms with Gasteiger partial charge in [-0.3, -0.25) is 0 Å². The van der Waals surface area contributed by atoms with Gasteiger partial charge in [-0.25, -0.2) is 0 Å². The Hall–Kier alpha value is -4.87. The number of imidazole rings is 1. The van der Waals surface area contributed by atoms with Gasteiger partial charge in [-0.2, -0.15) is 0 Å². The normalized spacial score (nSPS) is 18.3. The van der Waals surface area contributed by atoms with E-state index >= 15 is 0 Å². The van der Waals surface area contributed by atoms with E-state index < -0.39 is 30.1 Å². The van der Waals surface area contributed by atoms with E-state index in [1.807, 2.05) is 90.8 Å². The summed E-state index contributed by atoms with van der Waals surface area (Å²) in [5.74, 6) is 3.29. The first-order valence-corrected chi connectivity index (χ1v) is 23.2. The molecule has 1 amide bonds. The third kappa shape index (κ3) is 7.70. The molecule has 14 heteroatoms. The van der Waals surface area contributed by atoms with Crippen molar-refractivity contribution >= 4 is 43.5 Å². The van der Waals surface area contributed by atoms with Crippen LogP contribution in [0.5, 0.6) is 11.5 Å². The Morgan fingerprint density at radius 2 is 1.46 bits per heavy atom. The molecule has 1 aliphatic heterocycles. The number of amides is 1. The number of nitrogens with one attached hydrogen (secondary N) is 1. The van der Waals surface area contributed by atoms with Gasteiger partial charge in [0.1, 0.15) is 0 Å². The molecule has 4 aromatic carbocycles. The van der Waals surface area contributed by atoms with Gasteiger partial charge in [0, 0.05) is 0 Å². The summed E-state index contributed by atoms with van der Waals surface area (Å²) in [7, 11) is 3.27. The van der Waals surface area contributed by atoms with E-state index in [0.29, 0.717) is 34.6 Å². The standard InChI is InChI=1S/C40H40N5O7PSe/c1-48-31-19-15-29(16-20-31)40(28-13-9-6-10-14-28,30-17-21-32(49-2)22-18-30)50-24-34-33(52-53(3,47)54-4)23-35(51-34)45-26-43-36-37(41-25-42-38(36)45)44-39(46)27-11-7-5-8-12-27/h5-22,25-26,33-35H,23-24H2,1-4H3,(H,41,42,44,46)/t33-,34+,35+,53+/m0/s1. The van der Waals surface area contributed by atoms with Crippen LogP contribution in [0.1, 0.15) is 39.7 Å². The summed E-state index contributed by atoms with van der Waals surface area (Å²) < 4.78 is 46.7. The average molecular weight is 813 g/mol. The molecule has 0 spiro atoms. The molecule has 4 atom stereocenters. The molecule has 54 heavy (non-hydrogen) atoms. The van der Waals surface area contributed by atoms with Gasteiger partial charge >= 0.3 is 276 Å². The van der Waals surface area contributed by atoms with E-state index in [4.69, 9.17) is 23.5 Å². The summed E-state index contributed by atoms with van der Waals surface area (Å²) in [4.78, 5) is 26.4. The van der Waals surface area contributed by atoms with E-state index in [0.717, 1.165) is 16.7 Å². The number of methoxy groups -OCH3 is 2. The molecule has 1 saturated heterocycles. The van der Waals surface area contributed by atoms with E-state index in [-0.39, 0.29) is 32.8 Å². The van der Waals surface area contributed by atoms with Gasteiger partial charge in [-0.15, -0.1) is 0 Å². The number of rotatable bonds is 14. The van der Waals surface area contributed by atoms with E-state index in [1.165, 1.54) is 6.33 Å². The minimum atomic E-state index is -2.92. The monoisotopic (exact) mass is 813 g/mol. The second kappa shape index (κ2) is 16.2. The van der Waals surface area contributed by atoms with Crippen LogP contribution in [0.4, 0.5) is 5.82 Å². The molecule has 0 saturated carbocycles. The van der Waals surface area contributed by atoms with Gasteiger partial charge in [-0.05, 0) is 12.1 Å². The number of carbonyl (C=O) groups excluding carboxylic acids is 1. The number of benzene rings is 4. The number of nitrogens with zero attached hydrogens (tertiary/aromatic N) is 4. The van der Waals surface area contributed by atoms with E-state index in [2.05, 4.69) is 20.3 Å². The zero-order valence-corrected chi connectivity index (χ0v) is 32.8. The molecule has 7 rings (SSSR count). The molecule has 12 nitrogen and oxygen atoms in total. The fraction of sp³-hybridized carbons (Fsp3) is 0.250. The quantitative estimate of drug-likeness (QED) is 0.0676. The van der Waals surface area contributed by atoms with Crippen LogP contribution in [0.15, 0.2) is 122 Å². The van der Waals surface area contributed by atoms with Gasteiger partial charge in [0.05, 0.1) is 14.2 Å². The van der Waals surface area contributed by atoms with Crippen molar-refractivity contribution in [2.45, 2.75) is 36.3 Å². The molecule has 0 unspecified atom stereocenters. The number of ether oxygens (including phenoxy) is 4. The molecule has 6 aromatic rings. The van der Waals surface area contributed by atoms with Crippen LogP contribution in [-0.2, 0) is 24.2 Å². The summed E-state index contributed by atoms with van der Waals surface area (Å²) in [6.07, 6.45) is 1.53. The van der Waals surface area contributed by atoms with Gasteiger partial charge in [0.2, 0.25) is 0 Å². The number of carbonyl (C=O) groups is 1. The number of hydrogen-bond acceptors (Lipinski definition) is 10. The fourth-order valence-electron chi connectivity index (χ4n) is 6.63. The first-order chi connectivity index (χ1) is 26.2. The summed E-state index contributed by atoms with van der Waals surface area (Å²) >= 11 is -0.253. The van der Waals surface area contributed by atoms with Crippen molar-refractivity contribution in [3.8, 4) is 11.5 Å². The molecule has 0 bridgehead atoms. The Morgan fingerprint density at radius 1 is 0.870 bits per heavy atom. The first kappa shape index (κ1) is 37.4. The van der Waals surface area contributed by atoms with Crippen molar-refractivity contribution in [2.75, 3.05) is 32.8 Å². The number of hydrogen-bond donors (Lipinski definition) is 1. The van der Waals surface area contributed by atoms with Crippen molar-refractivity contribution in [3.05, 3.63) is 144 Å². The Kier molecular flexibility index (Phi) is 11.3. The number of fused-ring (bicyclic) bond motifs is 1. The predicted octanol–water partition coefficient (Wildman–Crippen LogP) is 7.35. The van der Waals surface area contributed by atoms with Crippen LogP contribution in [0, 0.1) is 0 Å². The summed E-state index contributed by atoms with van der Waals surface area (Å²) in [6.45, 7) is 1.74. The predicted molar refractivity (Wildman–Crippen MR) is 207 cm³/mol. The SMILES string of the molecule is COc1ccc(C(OC[C@H]2O[C@@H](n3cnc4c(NC(=O)c5ccccc5)ncnc43)C[C@@H]2O[P@@](C)(=O)[Se]C)(c2ccccc2)c2ccc(OC)cc2)cc1. The zero-order chi connectivity index (χ0) is 37.7. The van der Waals surface area contributed by atoms with Crippen molar-refractivity contribution < 1.29 is 32.8 Å². The molecule has 0 aliphatic carbocycles. The Labute approximate surface area is 319 Å². The van der Waals surface area contributed by atoms with Crippen LogP contribution in [0.3, 0.4) is 0 Å². The number of anilines is 1. The van der Waals surface area contributed by atoms with Crippen LogP contribution in [-0.4, -0.2) is 79.6 Å². The molecule has 1 aliphatic rings. The molecule has 2 aromatic heterocycles. The fourth-order valence-corrected chi connectivity index (χ4v) is 8.66. The van der Waals surface area contributed by atoms with Crippen molar-refractivity contribution in [1.82, 2.24) is 19.5 Å². The molecule has 0 radical (unpaired) electrons. The van der Waals surface area contributed by atoms with E-state index in [9.17, 15) is 9.36 Å². The van der Waals surface area contributed by atoms with Crippen molar-refractivity contribution in [3.63, 3.8) is 0 Å². The average Bonchev–Trinajstić information content (AvgIpc) is 3.83.